The van der Waals surface area contributed by atoms with E-state index in [1.807, 2.05) is 6.92 Å². The van der Waals surface area contributed by atoms with E-state index >= 15 is 0 Å². The molecule has 0 aliphatic carbocycles. The third-order valence-electron chi connectivity index (χ3n) is 1.09. The van der Waals surface area contributed by atoms with Crippen molar-refractivity contribution in [1.29, 1.82) is 0 Å². The largest absolute Gasteiger partial charge is 0.393 e. The highest BCUT2D eigenvalue weighted by Gasteiger charge is 1.94. The van der Waals surface area contributed by atoms with Crippen LogP contribution in [0.3, 0.4) is 0 Å². The lowest BCUT2D eigenvalue weighted by molar-refractivity contribution is 0.159. The monoisotopic (exact) mass is 126 g/mol. The van der Waals surface area contributed by atoms with Gasteiger partial charge in [0.05, 0.1) is 6.10 Å². The summed E-state index contributed by atoms with van der Waals surface area (Å²) >= 11 is 0. The summed E-state index contributed by atoms with van der Waals surface area (Å²) in [5.74, 6) is 0. The molecular weight excluding hydrogens is 112 g/mol. The standard InChI is InChI=1S/C6H14O.Mg/c1-3-5-6(7)4-2;/h6-7H,3-5H2,1-2H3;. The molecule has 1 atom stereocenters. The number of hydrogen-bond donors (Lipinski definition) is 1. The molecule has 0 heterocycles. The molecule has 46 valence electrons. The fraction of sp³-hybridized carbons (Fsp3) is 1.00. The smallest absolute Gasteiger partial charge is 0.0537 e. The fourth-order valence-electron chi connectivity index (χ4n) is 0.537. The summed E-state index contributed by atoms with van der Waals surface area (Å²) in [6.45, 7) is 4.08. The minimum absolute atomic E-state index is 0. The van der Waals surface area contributed by atoms with Crippen LogP contribution in [-0.2, 0) is 0 Å². The van der Waals surface area contributed by atoms with Crippen LogP contribution >= 0.6 is 0 Å². The number of hydrogen-bond acceptors (Lipinski definition) is 1. The Hall–Kier alpha value is 0.726. The van der Waals surface area contributed by atoms with E-state index in [9.17, 15) is 0 Å². The van der Waals surface area contributed by atoms with Crippen molar-refractivity contribution in [2.24, 2.45) is 0 Å². The highest BCUT2D eigenvalue weighted by atomic mass is 24.3. The Bertz CT molecular complexity index is 39.5. The molecule has 8 heavy (non-hydrogen) atoms. The van der Waals surface area contributed by atoms with E-state index < -0.39 is 0 Å². The van der Waals surface area contributed by atoms with Crippen LogP contribution in [0.4, 0.5) is 0 Å². The molecule has 0 saturated carbocycles. The van der Waals surface area contributed by atoms with E-state index in [0.717, 1.165) is 19.3 Å². The molecule has 0 aliphatic rings. The number of aliphatic hydroxyl groups excluding tert-OH is 1. The van der Waals surface area contributed by atoms with Crippen LogP contribution in [0.1, 0.15) is 33.1 Å². The van der Waals surface area contributed by atoms with Crippen molar-refractivity contribution >= 4 is 23.1 Å². The van der Waals surface area contributed by atoms with E-state index in [1.54, 1.807) is 0 Å². The van der Waals surface area contributed by atoms with Crippen LogP contribution in [0.2, 0.25) is 0 Å². The minimum Gasteiger partial charge on any atom is -0.393 e. The first kappa shape index (κ1) is 11.5. The Kier molecular flexibility index (Phi) is 11.1. The fourth-order valence-corrected chi connectivity index (χ4v) is 0.537. The van der Waals surface area contributed by atoms with Crippen LogP contribution < -0.4 is 0 Å². The molecule has 0 aromatic rings. The number of aliphatic hydroxyl groups is 1. The van der Waals surface area contributed by atoms with Crippen molar-refractivity contribution < 1.29 is 5.11 Å². The zero-order chi connectivity index (χ0) is 5.70. The summed E-state index contributed by atoms with van der Waals surface area (Å²) < 4.78 is 0. The van der Waals surface area contributed by atoms with E-state index in [-0.39, 0.29) is 29.2 Å². The van der Waals surface area contributed by atoms with Crippen molar-refractivity contribution in [3.05, 3.63) is 0 Å². The zero-order valence-corrected chi connectivity index (χ0v) is 7.27. The first-order valence-electron chi connectivity index (χ1n) is 2.99. The second kappa shape index (κ2) is 7.73. The summed E-state index contributed by atoms with van der Waals surface area (Å²) in [5, 5.41) is 8.86. The molecule has 1 unspecified atom stereocenters. The van der Waals surface area contributed by atoms with Gasteiger partial charge in [-0.25, -0.2) is 0 Å². The molecule has 1 nitrogen and oxygen atoms in total. The van der Waals surface area contributed by atoms with Gasteiger partial charge >= 0.3 is 0 Å². The third-order valence-corrected chi connectivity index (χ3v) is 1.09. The molecule has 0 aliphatic heterocycles. The molecular formula is C6H14MgO. The summed E-state index contributed by atoms with van der Waals surface area (Å²) in [6.07, 6.45) is 2.89. The SMILES string of the molecule is CCCC(O)CC.[Mg]. The van der Waals surface area contributed by atoms with E-state index in [0.29, 0.717) is 0 Å². The lowest BCUT2D eigenvalue weighted by Gasteiger charge is -2.01. The van der Waals surface area contributed by atoms with Gasteiger partial charge in [-0.2, -0.15) is 0 Å². The predicted octanol–water partition coefficient (Wildman–Crippen LogP) is 1.18. The van der Waals surface area contributed by atoms with Gasteiger partial charge in [-0.1, -0.05) is 20.3 Å². The summed E-state index contributed by atoms with van der Waals surface area (Å²) in [5.41, 5.74) is 0. The molecule has 0 rings (SSSR count). The van der Waals surface area contributed by atoms with Crippen LogP contribution in [0.25, 0.3) is 0 Å². The van der Waals surface area contributed by atoms with Gasteiger partial charge in [-0.3, -0.25) is 0 Å². The Balaban J connectivity index is 0. The lowest BCUT2D eigenvalue weighted by atomic mass is 10.2. The Morgan fingerprint density at radius 2 is 1.88 bits per heavy atom. The quantitative estimate of drug-likeness (QED) is 0.563. The maximum Gasteiger partial charge on any atom is 0.0537 e. The van der Waals surface area contributed by atoms with E-state index in [2.05, 4.69) is 6.92 Å². The minimum atomic E-state index is -0.0509. The topological polar surface area (TPSA) is 20.2 Å². The van der Waals surface area contributed by atoms with Crippen LogP contribution in [0.15, 0.2) is 0 Å². The Morgan fingerprint density at radius 3 is 2.00 bits per heavy atom. The predicted molar refractivity (Wildman–Crippen MR) is 37.0 cm³/mol. The normalized spacial score (nSPS) is 12.4. The first-order valence-corrected chi connectivity index (χ1v) is 2.99. The van der Waals surface area contributed by atoms with Crippen LogP contribution in [0.5, 0.6) is 0 Å². The Morgan fingerprint density at radius 1 is 1.38 bits per heavy atom. The van der Waals surface area contributed by atoms with Crippen molar-refractivity contribution in [1.82, 2.24) is 0 Å². The Labute approximate surface area is 67.6 Å². The highest BCUT2D eigenvalue weighted by Crippen LogP contribution is 1.98. The third kappa shape index (κ3) is 6.73. The van der Waals surface area contributed by atoms with Crippen LogP contribution in [-0.4, -0.2) is 34.3 Å². The lowest BCUT2D eigenvalue weighted by Crippen LogP contribution is -2.01. The van der Waals surface area contributed by atoms with Gasteiger partial charge in [0.25, 0.3) is 0 Å². The molecule has 0 fully saturated rings. The molecule has 0 aromatic carbocycles. The van der Waals surface area contributed by atoms with E-state index in [4.69, 9.17) is 5.11 Å². The van der Waals surface area contributed by atoms with Gasteiger partial charge in [0.15, 0.2) is 0 Å². The number of rotatable bonds is 3. The molecule has 1 N–H and O–H groups in total. The molecule has 0 saturated heterocycles. The second-order valence-corrected chi connectivity index (χ2v) is 1.85. The molecule has 0 amide bonds. The molecule has 2 heteroatoms. The molecule has 0 bridgehead atoms. The summed E-state index contributed by atoms with van der Waals surface area (Å²) in [4.78, 5) is 0. The molecule has 0 spiro atoms. The van der Waals surface area contributed by atoms with Crippen molar-refractivity contribution in [3.63, 3.8) is 0 Å². The summed E-state index contributed by atoms with van der Waals surface area (Å²) in [7, 11) is 0. The van der Waals surface area contributed by atoms with Crippen LogP contribution in [0, 0.1) is 0 Å². The van der Waals surface area contributed by atoms with Crippen molar-refractivity contribution in [3.8, 4) is 0 Å². The van der Waals surface area contributed by atoms with Gasteiger partial charge in [0, 0.05) is 23.1 Å². The van der Waals surface area contributed by atoms with Crippen molar-refractivity contribution in [2.75, 3.05) is 0 Å². The maximum atomic E-state index is 8.86. The maximum absolute atomic E-state index is 8.86. The second-order valence-electron chi connectivity index (χ2n) is 1.85. The van der Waals surface area contributed by atoms with Gasteiger partial charge in [-0.15, -0.1) is 0 Å². The average Bonchev–Trinajstić information content (AvgIpc) is 1.68. The van der Waals surface area contributed by atoms with Crippen molar-refractivity contribution in [2.45, 2.75) is 39.2 Å². The van der Waals surface area contributed by atoms with Gasteiger partial charge in [0.1, 0.15) is 0 Å². The highest BCUT2D eigenvalue weighted by molar-refractivity contribution is 5.75. The first-order chi connectivity index (χ1) is 3.31. The van der Waals surface area contributed by atoms with Gasteiger partial charge in [-0.05, 0) is 12.8 Å². The summed E-state index contributed by atoms with van der Waals surface area (Å²) in [6, 6.07) is 0. The zero-order valence-electron chi connectivity index (χ0n) is 5.85. The van der Waals surface area contributed by atoms with Gasteiger partial charge in [0.2, 0.25) is 0 Å². The molecule has 0 aromatic heterocycles. The van der Waals surface area contributed by atoms with Gasteiger partial charge < -0.3 is 5.11 Å². The van der Waals surface area contributed by atoms with E-state index in [1.165, 1.54) is 0 Å². The molecule has 2 radical (unpaired) electrons. The average molecular weight is 126 g/mol.